The van der Waals surface area contributed by atoms with Gasteiger partial charge in [-0.05, 0) is 25.0 Å². The van der Waals surface area contributed by atoms with Crippen molar-refractivity contribution in [3.05, 3.63) is 29.6 Å². The quantitative estimate of drug-likeness (QED) is 0.693. The molecule has 0 aliphatic carbocycles. The second kappa shape index (κ2) is 7.37. The van der Waals surface area contributed by atoms with E-state index in [4.69, 9.17) is 4.74 Å². The molecular weight excluding hydrogens is 188 g/mol. The van der Waals surface area contributed by atoms with E-state index in [9.17, 15) is 0 Å². The highest BCUT2D eigenvalue weighted by Crippen LogP contribution is 2.05. The van der Waals surface area contributed by atoms with Gasteiger partial charge in [0.05, 0.1) is 12.3 Å². The van der Waals surface area contributed by atoms with Crippen molar-refractivity contribution >= 4 is 0 Å². The standard InChI is InChI=1S/C12H20N2O/c1-3-11-6-5-7-14-12(11)10-13-8-9-15-4-2/h5-7,13H,3-4,8-10H2,1-2H3. The lowest BCUT2D eigenvalue weighted by Crippen LogP contribution is -2.20. The van der Waals surface area contributed by atoms with Crippen LogP contribution in [0, 0.1) is 0 Å². The van der Waals surface area contributed by atoms with Gasteiger partial charge in [0.25, 0.3) is 0 Å². The Kier molecular flexibility index (Phi) is 5.97. The fourth-order valence-corrected chi connectivity index (χ4v) is 1.45. The van der Waals surface area contributed by atoms with Gasteiger partial charge in [0.1, 0.15) is 0 Å². The number of pyridine rings is 1. The molecule has 0 radical (unpaired) electrons. The van der Waals surface area contributed by atoms with E-state index in [2.05, 4.69) is 23.3 Å². The minimum Gasteiger partial charge on any atom is -0.380 e. The van der Waals surface area contributed by atoms with Crippen LogP contribution in [-0.2, 0) is 17.7 Å². The number of rotatable bonds is 7. The Bertz CT molecular complexity index is 276. The van der Waals surface area contributed by atoms with Crippen LogP contribution in [0.1, 0.15) is 25.1 Å². The average molecular weight is 208 g/mol. The predicted molar refractivity (Wildman–Crippen MR) is 61.8 cm³/mol. The molecule has 0 amide bonds. The highest BCUT2D eigenvalue weighted by molar-refractivity contribution is 5.19. The zero-order chi connectivity index (χ0) is 10.9. The molecule has 0 saturated heterocycles. The molecule has 15 heavy (non-hydrogen) atoms. The van der Waals surface area contributed by atoms with E-state index >= 15 is 0 Å². The Hall–Kier alpha value is -0.930. The Morgan fingerprint density at radius 1 is 1.40 bits per heavy atom. The third-order valence-electron chi connectivity index (χ3n) is 2.29. The van der Waals surface area contributed by atoms with Gasteiger partial charge in [-0.3, -0.25) is 4.98 Å². The molecule has 0 aromatic carbocycles. The first kappa shape index (κ1) is 12.1. The first-order valence-corrected chi connectivity index (χ1v) is 5.59. The normalized spacial score (nSPS) is 10.5. The molecule has 0 aliphatic heterocycles. The summed E-state index contributed by atoms with van der Waals surface area (Å²) in [5.41, 5.74) is 2.47. The molecule has 0 fully saturated rings. The number of aromatic nitrogens is 1. The molecule has 0 saturated carbocycles. The molecule has 84 valence electrons. The van der Waals surface area contributed by atoms with Crippen molar-refractivity contribution < 1.29 is 4.74 Å². The summed E-state index contributed by atoms with van der Waals surface area (Å²) in [5, 5.41) is 3.32. The molecule has 1 heterocycles. The van der Waals surface area contributed by atoms with Crippen LogP contribution in [0.5, 0.6) is 0 Å². The fourth-order valence-electron chi connectivity index (χ4n) is 1.45. The van der Waals surface area contributed by atoms with E-state index in [1.165, 1.54) is 5.56 Å². The summed E-state index contributed by atoms with van der Waals surface area (Å²) in [6, 6.07) is 4.12. The summed E-state index contributed by atoms with van der Waals surface area (Å²) in [5.74, 6) is 0. The molecule has 0 atom stereocenters. The zero-order valence-corrected chi connectivity index (χ0v) is 9.62. The summed E-state index contributed by atoms with van der Waals surface area (Å²) >= 11 is 0. The lowest BCUT2D eigenvalue weighted by molar-refractivity contribution is 0.149. The Morgan fingerprint density at radius 3 is 3.00 bits per heavy atom. The summed E-state index contributed by atoms with van der Waals surface area (Å²) in [6.07, 6.45) is 2.88. The summed E-state index contributed by atoms with van der Waals surface area (Å²) in [7, 11) is 0. The highest BCUT2D eigenvalue weighted by Gasteiger charge is 1.99. The number of hydrogen-bond acceptors (Lipinski definition) is 3. The Morgan fingerprint density at radius 2 is 2.27 bits per heavy atom. The number of nitrogens with zero attached hydrogens (tertiary/aromatic N) is 1. The van der Waals surface area contributed by atoms with Crippen molar-refractivity contribution in [2.75, 3.05) is 19.8 Å². The molecule has 3 nitrogen and oxygen atoms in total. The van der Waals surface area contributed by atoms with E-state index in [1.54, 1.807) is 0 Å². The molecule has 1 aromatic heterocycles. The molecule has 1 aromatic rings. The molecule has 0 aliphatic rings. The van der Waals surface area contributed by atoms with E-state index in [1.807, 2.05) is 19.2 Å². The van der Waals surface area contributed by atoms with Gasteiger partial charge in [0, 0.05) is 25.9 Å². The van der Waals surface area contributed by atoms with Crippen molar-refractivity contribution in [3.63, 3.8) is 0 Å². The maximum absolute atomic E-state index is 5.25. The molecule has 1 rings (SSSR count). The van der Waals surface area contributed by atoms with Crippen molar-refractivity contribution in [1.29, 1.82) is 0 Å². The summed E-state index contributed by atoms with van der Waals surface area (Å²) < 4.78 is 5.25. The number of aryl methyl sites for hydroxylation is 1. The summed E-state index contributed by atoms with van der Waals surface area (Å²) in [6.45, 7) is 7.43. The second-order valence-electron chi connectivity index (χ2n) is 3.34. The molecule has 0 bridgehead atoms. The topological polar surface area (TPSA) is 34.1 Å². The lowest BCUT2D eigenvalue weighted by Gasteiger charge is -2.07. The second-order valence-corrected chi connectivity index (χ2v) is 3.34. The maximum Gasteiger partial charge on any atom is 0.0590 e. The Labute approximate surface area is 91.9 Å². The minimum atomic E-state index is 0.769. The van der Waals surface area contributed by atoms with E-state index in [0.29, 0.717) is 0 Å². The number of ether oxygens (including phenoxy) is 1. The van der Waals surface area contributed by atoms with Gasteiger partial charge in [-0.15, -0.1) is 0 Å². The van der Waals surface area contributed by atoms with Crippen molar-refractivity contribution in [3.8, 4) is 0 Å². The van der Waals surface area contributed by atoms with Gasteiger partial charge < -0.3 is 10.1 Å². The first-order chi connectivity index (χ1) is 7.38. The van der Waals surface area contributed by atoms with E-state index < -0.39 is 0 Å². The minimum absolute atomic E-state index is 0.769. The SMILES string of the molecule is CCOCCNCc1ncccc1CC. The average Bonchev–Trinajstić information content (AvgIpc) is 2.29. The monoisotopic (exact) mass is 208 g/mol. The van der Waals surface area contributed by atoms with Crippen LogP contribution >= 0.6 is 0 Å². The van der Waals surface area contributed by atoms with Gasteiger partial charge in [-0.25, -0.2) is 0 Å². The van der Waals surface area contributed by atoms with Crippen LogP contribution in [-0.4, -0.2) is 24.7 Å². The van der Waals surface area contributed by atoms with Crippen LogP contribution in [0.3, 0.4) is 0 Å². The molecule has 3 heteroatoms. The van der Waals surface area contributed by atoms with Crippen LogP contribution in [0.25, 0.3) is 0 Å². The first-order valence-electron chi connectivity index (χ1n) is 5.59. The predicted octanol–water partition coefficient (Wildman–Crippen LogP) is 1.77. The third kappa shape index (κ3) is 4.40. The summed E-state index contributed by atoms with van der Waals surface area (Å²) in [4.78, 5) is 4.36. The highest BCUT2D eigenvalue weighted by atomic mass is 16.5. The van der Waals surface area contributed by atoms with E-state index in [-0.39, 0.29) is 0 Å². The van der Waals surface area contributed by atoms with Crippen LogP contribution in [0.15, 0.2) is 18.3 Å². The number of hydrogen-bond donors (Lipinski definition) is 1. The van der Waals surface area contributed by atoms with Gasteiger partial charge in [0.2, 0.25) is 0 Å². The lowest BCUT2D eigenvalue weighted by atomic mass is 10.1. The van der Waals surface area contributed by atoms with Crippen molar-refractivity contribution in [2.45, 2.75) is 26.8 Å². The maximum atomic E-state index is 5.25. The van der Waals surface area contributed by atoms with Crippen LogP contribution < -0.4 is 5.32 Å². The molecule has 1 N–H and O–H groups in total. The molecular formula is C12H20N2O. The van der Waals surface area contributed by atoms with Gasteiger partial charge in [-0.1, -0.05) is 13.0 Å². The third-order valence-corrected chi connectivity index (χ3v) is 2.29. The zero-order valence-electron chi connectivity index (χ0n) is 9.62. The van der Waals surface area contributed by atoms with Gasteiger partial charge in [-0.2, -0.15) is 0 Å². The van der Waals surface area contributed by atoms with Gasteiger partial charge >= 0.3 is 0 Å². The van der Waals surface area contributed by atoms with Crippen LogP contribution in [0.4, 0.5) is 0 Å². The molecule has 0 spiro atoms. The van der Waals surface area contributed by atoms with Crippen molar-refractivity contribution in [1.82, 2.24) is 10.3 Å². The smallest absolute Gasteiger partial charge is 0.0590 e. The molecule has 0 unspecified atom stereocenters. The van der Waals surface area contributed by atoms with Gasteiger partial charge in [0.15, 0.2) is 0 Å². The largest absolute Gasteiger partial charge is 0.380 e. The van der Waals surface area contributed by atoms with Crippen molar-refractivity contribution in [2.24, 2.45) is 0 Å². The van der Waals surface area contributed by atoms with E-state index in [0.717, 1.165) is 38.4 Å². The van der Waals surface area contributed by atoms with Crippen LogP contribution in [0.2, 0.25) is 0 Å². The Balaban J connectivity index is 2.30. The number of nitrogens with one attached hydrogen (secondary N) is 1. The fraction of sp³-hybridized carbons (Fsp3) is 0.583.